The zero-order valence-electron chi connectivity index (χ0n) is 11.5. The summed E-state index contributed by atoms with van der Waals surface area (Å²) in [6.45, 7) is 1.71. The van der Waals surface area contributed by atoms with Crippen LogP contribution < -0.4 is 9.47 Å². The second-order valence-corrected chi connectivity index (χ2v) is 3.64. The molecule has 0 unspecified atom stereocenters. The van der Waals surface area contributed by atoms with Crippen molar-refractivity contribution in [2.24, 2.45) is 0 Å². The Morgan fingerprint density at radius 1 is 0.947 bits per heavy atom. The van der Waals surface area contributed by atoms with Crippen LogP contribution >= 0.6 is 0 Å². The fourth-order valence-corrected chi connectivity index (χ4v) is 1.78. The van der Waals surface area contributed by atoms with Gasteiger partial charge in [-0.1, -0.05) is 0 Å². The molecule has 0 spiro atoms. The van der Waals surface area contributed by atoms with Crippen molar-refractivity contribution in [1.29, 1.82) is 0 Å². The van der Waals surface area contributed by atoms with E-state index in [-0.39, 0.29) is 16.9 Å². The predicted molar refractivity (Wildman–Crippen MR) is 67.0 cm³/mol. The van der Waals surface area contributed by atoms with Gasteiger partial charge in [-0.3, -0.25) is 0 Å². The number of carbonyl (C=O) groups is 2. The van der Waals surface area contributed by atoms with Crippen LogP contribution in [0.3, 0.4) is 0 Å². The number of esters is 2. The van der Waals surface area contributed by atoms with Gasteiger partial charge in [0.05, 0.1) is 34.0 Å². The summed E-state index contributed by atoms with van der Waals surface area (Å²) in [6, 6.07) is 1.43. The Bertz CT molecular complexity index is 506. The molecule has 0 aliphatic carbocycles. The molecule has 0 atom stereocenters. The summed E-state index contributed by atoms with van der Waals surface area (Å²) in [7, 11) is 5.31. The van der Waals surface area contributed by atoms with Crippen molar-refractivity contribution < 1.29 is 28.5 Å². The maximum Gasteiger partial charge on any atom is 0.342 e. The molecule has 104 valence electrons. The monoisotopic (exact) mass is 268 g/mol. The van der Waals surface area contributed by atoms with Crippen LogP contribution in [0.5, 0.6) is 11.5 Å². The van der Waals surface area contributed by atoms with E-state index in [1.165, 1.54) is 34.5 Å². The Morgan fingerprint density at radius 3 is 1.95 bits per heavy atom. The van der Waals surface area contributed by atoms with Crippen molar-refractivity contribution in [3.63, 3.8) is 0 Å². The molecule has 19 heavy (non-hydrogen) atoms. The van der Waals surface area contributed by atoms with E-state index in [4.69, 9.17) is 9.47 Å². The van der Waals surface area contributed by atoms with Gasteiger partial charge in [-0.2, -0.15) is 0 Å². The fraction of sp³-hybridized carbons (Fsp3) is 0.385. The van der Waals surface area contributed by atoms with Crippen LogP contribution in [0.4, 0.5) is 0 Å². The highest BCUT2D eigenvalue weighted by atomic mass is 16.5. The minimum atomic E-state index is -0.678. The van der Waals surface area contributed by atoms with Gasteiger partial charge in [0.25, 0.3) is 0 Å². The third-order valence-electron chi connectivity index (χ3n) is 2.70. The highest BCUT2D eigenvalue weighted by molar-refractivity contribution is 6.06. The average Bonchev–Trinajstić information content (AvgIpc) is 2.44. The zero-order chi connectivity index (χ0) is 14.6. The summed E-state index contributed by atoms with van der Waals surface area (Å²) in [5, 5.41) is 0. The average molecular weight is 268 g/mol. The Labute approximate surface area is 111 Å². The van der Waals surface area contributed by atoms with Crippen molar-refractivity contribution in [2.75, 3.05) is 28.4 Å². The summed E-state index contributed by atoms with van der Waals surface area (Å²) >= 11 is 0. The van der Waals surface area contributed by atoms with Crippen LogP contribution in [0.15, 0.2) is 6.07 Å². The minimum Gasteiger partial charge on any atom is -0.496 e. The molecular weight excluding hydrogens is 252 g/mol. The zero-order valence-corrected chi connectivity index (χ0v) is 11.5. The normalized spacial score (nSPS) is 9.74. The van der Waals surface area contributed by atoms with Crippen LogP contribution in [-0.4, -0.2) is 40.4 Å². The van der Waals surface area contributed by atoms with Crippen LogP contribution in [0.25, 0.3) is 0 Å². The quantitative estimate of drug-likeness (QED) is 0.772. The maximum absolute atomic E-state index is 11.8. The lowest BCUT2D eigenvalue weighted by Gasteiger charge is -2.16. The number of carbonyl (C=O) groups excluding carboxylic acids is 2. The van der Waals surface area contributed by atoms with Crippen LogP contribution in [0.2, 0.25) is 0 Å². The maximum atomic E-state index is 11.8. The predicted octanol–water partition coefficient (Wildman–Crippen LogP) is 1.59. The molecule has 0 aromatic heterocycles. The van der Waals surface area contributed by atoms with Crippen molar-refractivity contribution in [1.82, 2.24) is 0 Å². The van der Waals surface area contributed by atoms with Crippen molar-refractivity contribution >= 4 is 11.9 Å². The molecule has 0 amide bonds. The first-order valence-electron chi connectivity index (χ1n) is 5.44. The fourth-order valence-electron chi connectivity index (χ4n) is 1.78. The third kappa shape index (κ3) is 2.62. The number of rotatable bonds is 4. The molecule has 0 heterocycles. The lowest BCUT2D eigenvalue weighted by atomic mass is 10.0. The van der Waals surface area contributed by atoms with Crippen LogP contribution in [0, 0.1) is 6.92 Å². The van der Waals surface area contributed by atoms with Gasteiger partial charge in [0, 0.05) is 5.56 Å². The van der Waals surface area contributed by atoms with Gasteiger partial charge >= 0.3 is 11.9 Å². The van der Waals surface area contributed by atoms with E-state index in [2.05, 4.69) is 9.47 Å². The number of ether oxygens (including phenoxy) is 4. The second-order valence-electron chi connectivity index (χ2n) is 3.64. The molecule has 0 saturated heterocycles. The molecule has 1 rings (SSSR count). The van der Waals surface area contributed by atoms with Gasteiger partial charge in [0.1, 0.15) is 17.1 Å². The molecule has 6 heteroatoms. The summed E-state index contributed by atoms with van der Waals surface area (Å²) in [5.74, 6) is -0.698. The van der Waals surface area contributed by atoms with E-state index in [1.54, 1.807) is 6.92 Å². The summed E-state index contributed by atoms with van der Waals surface area (Å²) in [6.07, 6.45) is 0. The molecule has 0 fully saturated rings. The largest absolute Gasteiger partial charge is 0.496 e. The molecule has 0 saturated carbocycles. The molecule has 1 aromatic carbocycles. The Kier molecular flexibility index (Phi) is 4.74. The third-order valence-corrected chi connectivity index (χ3v) is 2.70. The number of hydrogen-bond donors (Lipinski definition) is 0. The van der Waals surface area contributed by atoms with E-state index in [0.29, 0.717) is 11.3 Å². The first kappa shape index (κ1) is 14.8. The van der Waals surface area contributed by atoms with Gasteiger partial charge in [-0.05, 0) is 13.0 Å². The number of benzene rings is 1. The smallest absolute Gasteiger partial charge is 0.342 e. The van der Waals surface area contributed by atoms with Gasteiger partial charge in [0.15, 0.2) is 0 Å². The Morgan fingerprint density at radius 2 is 1.53 bits per heavy atom. The minimum absolute atomic E-state index is 0.0233. The molecule has 0 bridgehead atoms. The van der Waals surface area contributed by atoms with Gasteiger partial charge in [0.2, 0.25) is 0 Å². The highest BCUT2D eigenvalue weighted by Crippen LogP contribution is 2.35. The SMILES string of the molecule is COC(=O)c1cc(OC)c(C)c(OC)c1C(=O)OC. The molecule has 0 aliphatic heterocycles. The van der Waals surface area contributed by atoms with E-state index in [1.807, 2.05) is 0 Å². The second kappa shape index (κ2) is 6.08. The first-order valence-corrected chi connectivity index (χ1v) is 5.44. The summed E-state index contributed by atoms with van der Waals surface area (Å²) in [5.41, 5.74) is 0.654. The molecule has 0 N–H and O–H groups in total. The van der Waals surface area contributed by atoms with Gasteiger partial charge in [-0.15, -0.1) is 0 Å². The molecule has 6 nitrogen and oxygen atoms in total. The standard InChI is InChI=1S/C13H16O6/c1-7-9(16-2)6-8(12(14)18-4)10(11(7)17-3)13(15)19-5/h6H,1-5H3. The van der Waals surface area contributed by atoms with Crippen LogP contribution in [0.1, 0.15) is 26.3 Å². The van der Waals surface area contributed by atoms with E-state index in [0.717, 1.165) is 0 Å². The van der Waals surface area contributed by atoms with Gasteiger partial charge in [-0.25, -0.2) is 9.59 Å². The first-order chi connectivity index (χ1) is 9.01. The lowest BCUT2D eigenvalue weighted by Crippen LogP contribution is -2.15. The van der Waals surface area contributed by atoms with Crippen molar-refractivity contribution in [3.05, 3.63) is 22.8 Å². The summed E-state index contributed by atoms with van der Waals surface area (Å²) in [4.78, 5) is 23.6. The molecule has 0 aliphatic rings. The van der Waals surface area contributed by atoms with Gasteiger partial charge < -0.3 is 18.9 Å². The Balaban J connectivity index is 3.67. The van der Waals surface area contributed by atoms with E-state index >= 15 is 0 Å². The lowest BCUT2D eigenvalue weighted by molar-refractivity contribution is 0.0551. The highest BCUT2D eigenvalue weighted by Gasteiger charge is 2.27. The molecule has 1 aromatic rings. The van der Waals surface area contributed by atoms with E-state index < -0.39 is 11.9 Å². The number of methoxy groups -OCH3 is 4. The topological polar surface area (TPSA) is 71.1 Å². The number of hydrogen-bond acceptors (Lipinski definition) is 6. The van der Waals surface area contributed by atoms with E-state index in [9.17, 15) is 9.59 Å². The van der Waals surface area contributed by atoms with Crippen molar-refractivity contribution in [3.8, 4) is 11.5 Å². The summed E-state index contributed by atoms with van der Waals surface area (Å²) < 4.78 is 19.7. The van der Waals surface area contributed by atoms with Crippen LogP contribution in [-0.2, 0) is 9.47 Å². The molecular formula is C13H16O6. The molecule has 0 radical (unpaired) electrons. The van der Waals surface area contributed by atoms with Crippen molar-refractivity contribution in [2.45, 2.75) is 6.92 Å². The Hall–Kier alpha value is -2.24.